The highest BCUT2D eigenvalue weighted by Crippen LogP contribution is 2.22. The fourth-order valence-corrected chi connectivity index (χ4v) is 3.53. The summed E-state index contributed by atoms with van der Waals surface area (Å²) in [5.41, 5.74) is 2.21. The average molecular weight is 450 g/mol. The Hall–Kier alpha value is -1.89. The van der Waals surface area contributed by atoms with E-state index in [0.29, 0.717) is 13.0 Å². The van der Waals surface area contributed by atoms with E-state index in [1.165, 1.54) is 4.90 Å². The first kappa shape index (κ1) is 22.4. The van der Waals surface area contributed by atoms with E-state index in [0.717, 1.165) is 21.2 Å². The maximum Gasteiger partial charge on any atom is 0.408 e. The summed E-state index contributed by atoms with van der Waals surface area (Å²) >= 11 is 3.43. The molecule has 2 aromatic rings. The molecule has 28 heavy (non-hydrogen) atoms. The van der Waals surface area contributed by atoms with Gasteiger partial charge in [-0.15, -0.1) is 0 Å². The second-order valence-corrected chi connectivity index (χ2v) is 8.67. The van der Waals surface area contributed by atoms with Crippen molar-refractivity contribution in [2.75, 3.05) is 6.61 Å². The smallest absolute Gasteiger partial charge is 0.408 e. The summed E-state index contributed by atoms with van der Waals surface area (Å²) in [6, 6.07) is 15.1. The molecule has 1 unspecified atom stereocenters. The lowest BCUT2D eigenvalue weighted by Gasteiger charge is -2.39. The van der Waals surface area contributed by atoms with Gasteiger partial charge in [0.05, 0.1) is 25.9 Å². The van der Waals surface area contributed by atoms with Crippen LogP contribution in [0.1, 0.15) is 37.5 Å². The molecule has 0 heterocycles. The van der Waals surface area contributed by atoms with E-state index < -0.39 is 11.6 Å². The molecule has 5 nitrogen and oxygen atoms in total. The van der Waals surface area contributed by atoms with Crippen molar-refractivity contribution in [3.05, 3.63) is 69.7 Å². The fourth-order valence-electron chi connectivity index (χ4n) is 3.27. The molecule has 6 heteroatoms. The van der Waals surface area contributed by atoms with E-state index in [4.69, 9.17) is 4.74 Å². The van der Waals surface area contributed by atoms with E-state index >= 15 is 0 Å². The molecule has 1 atom stereocenters. The van der Waals surface area contributed by atoms with Crippen LogP contribution in [0.3, 0.4) is 0 Å². The number of carboxylic acid groups (broad SMARTS) is 1. The van der Waals surface area contributed by atoms with E-state index in [1.54, 1.807) is 0 Å². The molecule has 0 aromatic heterocycles. The van der Waals surface area contributed by atoms with Crippen LogP contribution in [-0.2, 0) is 24.4 Å². The summed E-state index contributed by atoms with van der Waals surface area (Å²) in [4.78, 5) is 13.5. The highest BCUT2D eigenvalue weighted by molar-refractivity contribution is 9.10. The quantitative estimate of drug-likeness (QED) is 0.604. The molecule has 0 aliphatic carbocycles. The molecular weight excluding hydrogens is 422 g/mol. The number of rotatable bonds is 8. The predicted octanol–water partition coefficient (Wildman–Crippen LogP) is 4.85. The van der Waals surface area contributed by atoms with Gasteiger partial charge in [0, 0.05) is 10.0 Å². The average Bonchev–Trinajstić information content (AvgIpc) is 2.62. The number of carbonyl (C=O) groups is 1. The number of hydrogen-bond donors (Lipinski definition) is 2. The number of aliphatic hydroxyl groups is 1. The van der Waals surface area contributed by atoms with Crippen LogP contribution in [0, 0.1) is 0 Å². The van der Waals surface area contributed by atoms with Crippen molar-refractivity contribution in [1.82, 2.24) is 4.90 Å². The fraction of sp³-hybridized carbons (Fsp3) is 0.409. The Labute approximate surface area is 175 Å². The van der Waals surface area contributed by atoms with Crippen LogP contribution in [0.4, 0.5) is 4.79 Å². The van der Waals surface area contributed by atoms with Gasteiger partial charge >= 0.3 is 6.09 Å². The van der Waals surface area contributed by atoms with Crippen molar-refractivity contribution in [2.45, 2.75) is 52.0 Å². The number of aliphatic hydroxyl groups excluding tert-OH is 1. The number of ether oxygens (including phenoxy) is 1. The molecule has 2 aromatic carbocycles. The first-order valence-corrected chi connectivity index (χ1v) is 10.0. The number of nitrogens with zero attached hydrogens (tertiary/aromatic N) is 1. The number of amides is 1. The Morgan fingerprint density at radius 3 is 2.25 bits per heavy atom. The van der Waals surface area contributed by atoms with Crippen molar-refractivity contribution in [3.8, 4) is 0 Å². The van der Waals surface area contributed by atoms with Crippen LogP contribution in [0.5, 0.6) is 0 Å². The van der Waals surface area contributed by atoms with Crippen molar-refractivity contribution in [2.24, 2.45) is 0 Å². The molecular formula is C22H28BrNO4. The Kier molecular flexibility index (Phi) is 8.04. The largest absolute Gasteiger partial charge is 0.465 e. The molecule has 0 radical (unpaired) electrons. The van der Waals surface area contributed by atoms with E-state index in [-0.39, 0.29) is 19.3 Å². The van der Waals surface area contributed by atoms with E-state index in [9.17, 15) is 15.0 Å². The Morgan fingerprint density at radius 1 is 1.11 bits per heavy atom. The van der Waals surface area contributed by atoms with Gasteiger partial charge in [-0.3, -0.25) is 4.90 Å². The zero-order chi connectivity index (χ0) is 20.7. The van der Waals surface area contributed by atoms with Gasteiger partial charge in [-0.25, -0.2) is 4.79 Å². The predicted molar refractivity (Wildman–Crippen MR) is 113 cm³/mol. The van der Waals surface area contributed by atoms with E-state index in [2.05, 4.69) is 15.9 Å². The number of benzene rings is 2. The van der Waals surface area contributed by atoms with Gasteiger partial charge in [0.2, 0.25) is 0 Å². The van der Waals surface area contributed by atoms with Crippen LogP contribution in [0.15, 0.2) is 53.0 Å². The van der Waals surface area contributed by atoms with Gasteiger partial charge in [-0.1, -0.05) is 52.3 Å². The first-order chi connectivity index (χ1) is 13.2. The minimum atomic E-state index is -0.964. The van der Waals surface area contributed by atoms with Crippen LogP contribution in [0.25, 0.3) is 0 Å². The summed E-state index contributed by atoms with van der Waals surface area (Å²) in [6.07, 6.45) is -0.410. The number of halogens is 1. The summed E-state index contributed by atoms with van der Waals surface area (Å²) in [7, 11) is 0. The first-order valence-electron chi connectivity index (χ1n) is 9.24. The van der Waals surface area contributed by atoms with Gasteiger partial charge in [0.1, 0.15) is 0 Å². The molecule has 0 spiro atoms. The molecule has 0 bridgehead atoms. The van der Waals surface area contributed by atoms with Crippen molar-refractivity contribution in [1.29, 1.82) is 0 Å². The van der Waals surface area contributed by atoms with Gasteiger partial charge in [0.15, 0.2) is 0 Å². The Bertz CT molecular complexity index is 771. The highest BCUT2D eigenvalue weighted by atomic mass is 79.9. The highest BCUT2D eigenvalue weighted by Gasteiger charge is 2.33. The second kappa shape index (κ2) is 10.0. The second-order valence-electron chi connectivity index (χ2n) is 7.75. The maximum atomic E-state index is 12.0. The van der Waals surface area contributed by atoms with Gasteiger partial charge in [-0.05, 0) is 56.0 Å². The molecule has 0 saturated heterocycles. The molecule has 1 amide bonds. The Morgan fingerprint density at radius 2 is 1.71 bits per heavy atom. The van der Waals surface area contributed by atoms with Gasteiger partial charge in [0.25, 0.3) is 0 Å². The third kappa shape index (κ3) is 6.33. The normalized spacial score (nSPS) is 12.6. The van der Waals surface area contributed by atoms with Crippen molar-refractivity contribution in [3.63, 3.8) is 0 Å². The standard InChI is InChI=1S/C22H28BrNO4/c1-22(2,3)24(21(26)27)20(12-16-8-10-19(23)11-9-16)15-28-14-18-7-5-4-6-17(18)13-25/h4-11,20,25H,12-15H2,1-3H3,(H,26,27). The third-order valence-corrected chi connectivity index (χ3v) is 5.06. The summed E-state index contributed by atoms with van der Waals surface area (Å²) in [5.74, 6) is 0. The third-order valence-electron chi connectivity index (χ3n) is 4.54. The van der Waals surface area contributed by atoms with E-state index in [1.807, 2.05) is 69.3 Å². The summed E-state index contributed by atoms with van der Waals surface area (Å²) < 4.78 is 6.90. The summed E-state index contributed by atoms with van der Waals surface area (Å²) in [5, 5.41) is 19.3. The van der Waals surface area contributed by atoms with Gasteiger partial charge in [-0.2, -0.15) is 0 Å². The van der Waals surface area contributed by atoms with Crippen molar-refractivity contribution < 1.29 is 19.7 Å². The summed E-state index contributed by atoms with van der Waals surface area (Å²) in [6.45, 7) is 6.19. The molecule has 0 aliphatic rings. The van der Waals surface area contributed by atoms with Crippen LogP contribution < -0.4 is 0 Å². The zero-order valence-corrected chi connectivity index (χ0v) is 18.1. The minimum Gasteiger partial charge on any atom is -0.465 e. The molecule has 0 fully saturated rings. The topological polar surface area (TPSA) is 70.0 Å². The van der Waals surface area contributed by atoms with Gasteiger partial charge < -0.3 is 14.9 Å². The minimum absolute atomic E-state index is 0.0505. The lowest BCUT2D eigenvalue weighted by Crippen LogP contribution is -2.53. The maximum absolute atomic E-state index is 12.0. The monoisotopic (exact) mass is 449 g/mol. The SMILES string of the molecule is CC(C)(C)N(C(=O)O)C(COCc1ccccc1CO)Cc1ccc(Br)cc1. The molecule has 0 aliphatic heterocycles. The molecule has 0 saturated carbocycles. The zero-order valence-electron chi connectivity index (χ0n) is 16.6. The van der Waals surface area contributed by atoms with Crippen LogP contribution >= 0.6 is 15.9 Å². The lowest BCUT2D eigenvalue weighted by atomic mass is 9.99. The number of hydrogen-bond acceptors (Lipinski definition) is 3. The molecule has 152 valence electrons. The lowest BCUT2D eigenvalue weighted by molar-refractivity contribution is 0.0150. The van der Waals surface area contributed by atoms with Crippen molar-refractivity contribution >= 4 is 22.0 Å². The molecule has 2 N–H and O–H groups in total. The van der Waals surface area contributed by atoms with Crippen LogP contribution in [0.2, 0.25) is 0 Å². The van der Waals surface area contributed by atoms with Crippen LogP contribution in [-0.4, -0.2) is 39.4 Å². The molecule has 2 rings (SSSR count). The Balaban J connectivity index is 2.17.